The number of rotatable bonds is 11. The number of nitrogens with zero attached hydrogens (tertiary/aromatic N) is 2. The van der Waals surface area contributed by atoms with Gasteiger partial charge in [-0.15, -0.1) is 11.3 Å². The van der Waals surface area contributed by atoms with Crippen molar-refractivity contribution < 1.29 is 43.4 Å². The van der Waals surface area contributed by atoms with Crippen LogP contribution in [0.25, 0.3) is 0 Å². The highest BCUT2D eigenvalue weighted by molar-refractivity contribution is 7.46. The fraction of sp³-hybridized carbons (Fsp3) is 0.312. The molecule has 0 amide bonds. The van der Waals surface area contributed by atoms with E-state index in [2.05, 4.69) is 19.8 Å². The molecule has 1 fully saturated rings. The zero-order valence-electron chi connectivity index (χ0n) is 24.7. The van der Waals surface area contributed by atoms with Crippen LogP contribution in [0, 0.1) is 5.92 Å². The molecule has 0 radical (unpaired) electrons. The number of benzene rings is 2. The molecule has 2 aromatic heterocycles. The molecule has 1 saturated carbocycles. The van der Waals surface area contributed by atoms with E-state index in [1.54, 1.807) is 6.07 Å². The number of aliphatic hydroxyl groups is 1. The molecule has 0 spiro atoms. The summed E-state index contributed by atoms with van der Waals surface area (Å²) in [5.41, 5.74) is 3.53. The number of aliphatic carboxylic acids is 1. The second kappa shape index (κ2) is 13.8. The van der Waals surface area contributed by atoms with Gasteiger partial charge in [-0.3, -0.25) is 19.4 Å². The number of carboxylic acids is 1. The smallest absolute Gasteiger partial charge is 0.481 e. The van der Waals surface area contributed by atoms with Crippen molar-refractivity contribution in [3.05, 3.63) is 104 Å². The summed E-state index contributed by atoms with van der Waals surface area (Å²) in [6.07, 6.45) is 3.20. The van der Waals surface area contributed by atoms with E-state index < -0.39 is 25.8 Å². The maximum atomic E-state index is 13.7. The predicted molar refractivity (Wildman–Crippen MR) is 173 cm³/mol. The van der Waals surface area contributed by atoms with Crippen LogP contribution < -0.4 is 9.84 Å². The van der Waals surface area contributed by atoms with Crippen molar-refractivity contribution >= 4 is 48.3 Å². The number of carboxylic acid groups (broad SMARTS) is 1. The third kappa shape index (κ3) is 7.57. The van der Waals surface area contributed by atoms with Crippen molar-refractivity contribution in [1.29, 1.82) is 0 Å². The molecule has 12 nitrogen and oxygen atoms in total. The summed E-state index contributed by atoms with van der Waals surface area (Å²) in [6, 6.07) is 12.7. The summed E-state index contributed by atoms with van der Waals surface area (Å²) in [4.78, 5) is 52.8. The molecule has 6 rings (SSSR count). The fourth-order valence-corrected chi connectivity index (χ4v) is 7.89. The van der Waals surface area contributed by atoms with Crippen LogP contribution in [-0.4, -0.2) is 60.5 Å². The van der Waals surface area contributed by atoms with Crippen LogP contribution in [0.4, 0.5) is 5.82 Å². The van der Waals surface area contributed by atoms with Crippen molar-refractivity contribution in [2.45, 2.75) is 49.9 Å². The van der Waals surface area contributed by atoms with Gasteiger partial charge in [0.05, 0.1) is 29.1 Å². The maximum absolute atomic E-state index is 13.7. The number of hydrogen-bond acceptors (Lipinski definition) is 10. The van der Waals surface area contributed by atoms with E-state index in [1.807, 2.05) is 23.6 Å². The second-order valence-corrected chi connectivity index (χ2v) is 14.1. The number of carbonyl (C=O) groups is 2. The summed E-state index contributed by atoms with van der Waals surface area (Å²) in [5.74, 6) is -2.51. The molecule has 1 aliphatic heterocycles. The lowest BCUT2D eigenvalue weighted by molar-refractivity contribution is -0.139. The van der Waals surface area contributed by atoms with Crippen molar-refractivity contribution in [2.24, 2.45) is 5.92 Å². The van der Waals surface area contributed by atoms with E-state index in [1.165, 1.54) is 48.1 Å². The van der Waals surface area contributed by atoms with Crippen molar-refractivity contribution in [1.82, 2.24) is 9.97 Å². The van der Waals surface area contributed by atoms with E-state index in [4.69, 9.17) is 26.1 Å². The normalized spacial score (nSPS) is 21.5. The Morgan fingerprint density at radius 1 is 1.17 bits per heavy atom. The van der Waals surface area contributed by atoms with Gasteiger partial charge in [-0.05, 0) is 77.9 Å². The average molecular weight is 700 g/mol. The maximum Gasteiger partial charge on any atom is 0.524 e. The zero-order valence-corrected chi connectivity index (χ0v) is 27.2. The van der Waals surface area contributed by atoms with Gasteiger partial charge in [0, 0.05) is 22.8 Å². The topological polar surface area (TPSA) is 188 Å². The van der Waals surface area contributed by atoms with Gasteiger partial charge in [0.1, 0.15) is 24.0 Å². The molecule has 0 bridgehead atoms. The van der Waals surface area contributed by atoms with Gasteiger partial charge >= 0.3 is 13.8 Å². The number of fused-ring (bicyclic) bond motifs is 1. The largest absolute Gasteiger partial charge is 0.524 e. The third-order valence-corrected chi connectivity index (χ3v) is 10.2. The fourth-order valence-electron chi connectivity index (χ4n) is 6.33. The number of carbonyl (C=O) groups excluding carboxylic acids is 1. The first-order valence-corrected chi connectivity index (χ1v) is 17.6. The highest BCUT2D eigenvalue weighted by Crippen LogP contribution is 2.41. The first-order chi connectivity index (χ1) is 22.5. The van der Waals surface area contributed by atoms with E-state index in [-0.39, 0.29) is 41.6 Å². The number of halogens is 1. The third-order valence-electron chi connectivity index (χ3n) is 8.51. The zero-order chi connectivity index (χ0) is 33.3. The van der Waals surface area contributed by atoms with Crippen molar-refractivity contribution in [3.8, 4) is 5.75 Å². The lowest BCUT2D eigenvalue weighted by atomic mass is 9.87. The highest BCUT2D eigenvalue weighted by atomic mass is 35.5. The summed E-state index contributed by atoms with van der Waals surface area (Å²) in [6.45, 7) is 0.541. The molecule has 1 aliphatic carbocycles. The van der Waals surface area contributed by atoms with Crippen LogP contribution in [0.2, 0.25) is 5.02 Å². The summed E-state index contributed by atoms with van der Waals surface area (Å²) in [5, 5.41) is 26.6. The number of phosphoric acid groups is 1. The van der Waals surface area contributed by atoms with Crippen LogP contribution in [0.15, 0.2) is 66.4 Å². The summed E-state index contributed by atoms with van der Waals surface area (Å²) in [7, 11) is -4.75. The summed E-state index contributed by atoms with van der Waals surface area (Å²) < 4.78 is 21.7. The van der Waals surface area contributed by atoms with Gasteiger partial charge in [0.15, 0.2) is 0 Å². The number of ketones is 1. The van der Waals surface area contributed by atoms with Crippen LogP contribution in [0.1, 0.15) is 68.8 Å². The molecule has 5 atom stereocenters. The molecule has 15 heteroatoms. The first kappa shape index (κ1) is 33.2. The Morgan fingerprint density at radius 3 is 2.70 bits per heavy atom. The Hall–Kier alpha value is -3.68. The Bertz CT molecular complexity index is 1830. The summed E-state index contributed by atoms with van der Waals surface area (Å²) >= 11 is 7.82. The predicted octanol–water partition coefficient (Wildman–Crippen LogP) is 5.37. The van der Waals surface area contributed by atoms with Crippen LogP contribution in [0.5, 0.6) is 5.75 Å². The average Bonchev–Trinajstić information content (AvgIpc) is 3.66. The van der Waals surface area contributed by atoms with E-state index in [0.717, 1.165) is 23.1 Å². The number of nitrogens with one attached hydrogen (secondary N) is 1. The lowest BCUT2D eigenvalue weighted by Crippen LogP contribution is -2.21. The number of hydrogen-bond donors (Lipinski definition) is 5. The monoisotopic (exact) mass is 699 g/mol. The number of anilines is 1. The number of thiophene rings is 1. The molecular weight excluding hydrogens is 669 g/mol. The van der Waals surface area contributed by atoms with Crippen LogP contribution >= 0.6 is 30.8 Å². The molecule has 2 aliphatic rings. The number of phosphoric ester groups is 1. The first-order valence-electron chi connectivity index (χ1n) is 14.8. The minimum absolute atomic E-state index is 0.0950. The van der Waals surface area contributed by atoms with Crippen LogP contribution in [-0.2, 0) is 20.5 Å². The molecule has 246 valence electrons. The number of aromatic nitrogens is 2. The van der Waals surface area contributed by atoms with Crippen LogP contribution in [0.3, 0.4) is 0 Å². The minimum Gasteiger partial charge on any atom is -0.481 e. The van der Waals surface area contributed by atoms with Gasteiger partial charge in [0.2, 0.25) is 5.78 Å². The van der Waals surface area contributed by atoms with Gasteiger partial charge in [-0.2, -0.15) is 0 Å². The SMILES string of the molecule is O=C(c1cc([C@H]2OCCc3cccc(Cl)c32)cs1)c1cncnc1N[C@@H]1C[C@@H](CC(C(=O)O)c2ccc(OP(=O)(O)O)cc2)[C@H](O)C1. The van der Waals surface area contributed by atoms with Crippen molar-refractivity contribution in [3.63, 3.8) is 0 Å². The molecule has 5 N–H and O–H groups in total. The second-order valence-electron chi connectivity index (χ2n) is 11.6. The molecule has 47 heavy (non-hydrogen) atoms. The number of ether oxygens (including phenoxy) is 1. The Balaban J connectivity index is 1.14. The number of aliphatic hydroxyl groups excluding tert-OH is 1. The Morgan fingerprint density at radius 2 is 1.96 bits per heavy atom. The van der Waals surface area contributed by atoms with Gasteiger partial charge < -0.3 is 24.8 Å². The quantitative estimate of drug-likeness (QED) is 0.0997. The molecule has 1 unspecified atom stereocenters. The molecular formula is C32H31ClN3O9PS. The lowest BCUT2D eigenvalue weighted by Gasteiger charge is -2.26. The van der Waals surface area contributed by atoms with Gasteiger partial charge in [-0.1, -0.05) is 35.9 Å². The standard InChI is InChI=1S/C32H31ClN3O9PS/c33-25-3-1-2-18-8-9-44-30(28(18)25)20-12-27(47-15-20)29(38)24-14-34-16-35-31(24)36-21-10-19(26(37)13-21)11-23(32(39)40)17-4-6-22(7-5-17)45-46(41,42)43/h1-7,12,14-16,19,21,23,26,30,37H,8-11,13H2,(H,39,40)(H,34,35,36)(H2,41,42,43)/t19-,21+,23?,26+,30+/m0/s1. The van der Waals surface area contributed by atoms with E-state index in [9.17, 15) is 24.4 Å². The Labute approximate surface area is 278 Å². The highest BCUT2D eigenvalue weighted by Gasteiger charge is 2.37. The van der Waals surface area contributed by atoms with Crippen molar-refractivity contribution in [2.75, 3.05) is 11.9 Å². The van der Waals surface area contributed by atoms with Gasteiger partial charge in [0.25, 0.3) is 0 Å². The molecule has 0 saturated heterocycles. The Kier molecular flexibility index (Phi) is 9.77. The molecule has 2 aromatic carbocycles. The van der Waals surface area contributed by atoms with Gasteiger partial charge in [-0.25, -0.2) is 14.5 Å². The van der Waals surface area contributed by atoms with E-state index >= 15 is 0 Å². The molecule has 3 heterocycles. The minimum atomic E-state index is -4.75. The van der Waals surface area contributed by atoms with E-state index in [0.29, 0.717) is 40.7 Å². The molecule has 4 aromatic rings.